The summed E-state index contributed by atoms with van der Waals surface area (Å²) in [4.78, 5) is 24.5. The number of carbonyl (C=O) groups is 2. The highest BCUT2D eigenvalue weighted by Gasteiger charge is 2.30. The Morgan fingerprint density at radius 2 is 1.58 bits per heavy atom. The number of amides is 1. The Labute approximate surface area is 192 Å². The van der Waals surface area contributed by atoms with Crippen LogP contribution in [0.15, 0.2) is 79.0 Å². The maximum absolute atomic E-state index is 12.6. The van der Waals surface area contributed by atoms with Crippen molar-refractivity contribution in [3.05, 3.63) is 95.7 Å². The van der Waals surface area contributed by atoms with Crippen molar-refractivity contribution in [2.24, 2.45) is 0 Å². The van der Waals surface area contributed by atoms with E-state index in [9.17, 15) is 14.7 Å². The number of nitrogens with zero attached hydrogens (tertiary/aromatic N) is 1. The van der Waals surface area contributed by atoms with Gasteiger partial charge in [-0.3, -0.25) is 0 Å². The third-order valence-electron chi connectivity index (χ3n) is 6.34. The minimum absolute atomic E-state index is 0.0792. The van der Waals surface area contributed by atoms with E-state index in [2.05, 4.69) is 17.4 Å². The van der Waals surface area contributed by atoms with Gasteiger partial charge >= 0.3 is 12.1 Å². The second-order valence-electron chi connectivity index (χ2n) is 8.35. The zero-order chi connectivity index (χ0) is 22.9. The molecule has 1 atom stereocenters. The molecule has 33 heavy (non-hydrogen) atoms. The van der Waals surface area contributed by atoms with Crippen LogP contribution in [0.1, 0.15) is 22.6 Å². The summed E-state index contributed by atoms with van der Waals surface area (Å²) in [5.74, 6) is -1.18. The Morgan fingerprint density at radius 1 is 0.970 bits per heavy atom. The molecule has 0 unspecified atom stereocenters. The number of carboxylic acid groups (broad SMARTS) is 1. The summed E-state index contributed by atoms with van der Waals surface area (Å²) in [6, 6.07) is 22.9. The van der Waals surface area contributed by atoms with Gasteiger partial charge in [-0.2, -0.15) is 0 Å². The minimum Gasteiger partial charge on any atom is -0.480 e. The molecule has 0 saturated heterocycles. The van der Waals surface area contributed by atoms with Crippen molar-refractivity contribution < 1.29 is 19.4 Å². The number of aromatic nitrogens is 1. The van der Waals surface area contributed by atoms with Crippen molar-refractivity contribution >= 4 is 30.9 Å². The summed E-state index contributed by atoms with van der Waals surface area (Å²) in [7, 11) is 1.92. The minimum atomic E-state index is -1.10. The lowest BCUT2D eigenvalue weighted by molar-refractivity contribution is -0.139. The number of aliphatic carboxylic acids is 1. The molecule has 5 rings (SSSR count). The molecule has 164 valence electrons. The van der Waals surface area contributed by atoms with Crippen molar-refractivity contribution in [2.45, 2.75) is 18.4 Å². The van der Waals surface area contributed by atoms with Crippen LogP contribution in [0.2, 0.25) is 0 Å². The highest BCUT2D eigenvalue weighted by molar-refractivity contribution is 6.12. The highest BCUT2D eigenvalue weighted by Crippen LogP contribution is 2.44. The molecule has 0 fully saturated rings. The van der Waals surface area contributed by atoms with Crippen molar-refractivity contribution in [1.82, 2.24) is 9.79 Å². The standard InChI is InChI=1S/C26H23BN2O4/c27-29-14-16(17-7-5-6-12-24(17)29)13-23(25(30)31)28-26(32)33-15-22-20-10-3-1-8-18(20)19-9-2-4-11-21(19)22/h1-12,14,22-23H,13,15,27H2,(H,28,32)(H,30,31)/t23-/m0/s1. The number of para-hydroxylation sites is 1. The predicted octanol–water partition coefficient (Wildman–Crippen LogP) is 3.57. The number of nitrogens with one attached hydrogen (secondary N) is 1. The van der Waals surface area contributed by atoms with E-state index in [4.69, 9.17) is 4.74 Å². The number of hydrogen-bond acceptors (Lipinski definition) is 3. The second kappa shape index (κ2) is 8.50. The van der Waals surface area contributed by atoms with Gasteiger partial charge < -0.3 is 19.6 Å². The molecule has 6 nitrogen and oxygen atoms in total. The fraction of sp³-hybridized carbons (Fsp3) is 0.154. The van der Waals surface area contributed by atoms with Crippen molar-refractivity contribution in [2.75, 3.05) is 6.61 Å². The fourth-order valence-electron chi connectivity index (χ4n) is 4.79. The van der Waals surface area contributed by atoms with Crippen LogP contribution in [0.25, 0.3) is 22.0 Å². The number of benzene rings is 3. The van der Waals surface area contributed by atoms with Crippen LogP contribution in [0.5, 0.6) is 0 Å². The summed E-state index contributed by atoms with van der Waals surface area (Å²) >= 11 is 0. The summed E-state index contributed by atoms with van der Waals surface area (Å²) < 4.78 is 7.49. The number of rotatable bonds is 6. The van der Waals surface area contributed by atoms with Crippen LogP contribution >= 0.6 is 0 Å². The van der Waals surface area contributed by atoms with Gasteiger partial charge in [-0.25, -0.2) is 9.59 Å². The van der Waals surface area contributed by atoms with Gasteiger partial charge in [0.15, 0.2) is 0 Å². The molecule has 0 radical (unpaired) electrons. The molecular formula is C26H23BN2O4. The van der Waals surface area contributed by atoms with Crippen LogP contribution < -0.4 is 5.32 Å². The molecule has 1 aliphatic carbocycles. The Hall–Kier alpha value is -4.00. The van der Waals surface area contributed by atoms with Crippen LogP contribution in [0, 0.1) is 0 Å². The average Bonchev–Trinajstić information content (AvgIpc) is 3.32. The Kier molecular flexibility index (Phi) is 5.38. The van der Waals surface area contributed by atoms with E-state index in [-0.39, 0.29) is 18.9 Å². The van der Waals surface area contributed by atoms with Crippen molar-refractivity contribution in [3.63, 3.8) is 0 Å². The first-order valence-electron chi connectivity index (χ1n) is 10.9. The van der Waals surface area contributed by atoms with E-state index in [1.807, 2.05) is 79.3 Å². The third kappa shape index (κ3) is 3.86. The quantitative estimate of drug-likeness (QED) is 0.451. The average molecular weight is 438 g/mol. The molecule has 7 heteroatoms. The van der Waals surface area contributed by atoms with E-state index in [1.54, 1.807) is 0 Å². The van der Waals surface area contributed by atoms with Gasteiger partial charge in [-0.05, 0) is 40.1 Å². The number of carboxylic acids is 1. The first kappa shape index (κ1) is 20.9. The molecule has 4 aromatic rings. The molecular weight excluding hydrogens is 415 g/mol. The molecule has 1 heterocycles. The van der Waals surface area contributed by atoms with Crippen LogP contribution in [0.4, 0.5) is 4.79 Å². The van der Waals surface area contributed by atoms with Gasteiger partial charge in [-0.1, -0.05) is 66.7 Å². The smallest absolute Gasteiger partial charge is 0.407 e. The Balaban J connectivity index is 1.29. The lowest BCUT2D eigenvalue weighted by Crippen LogP contribution is -2.42. The lowest BCUT2D eigenvalue weighted by atomic mass is 9.98. The molecule has 2 N–H and O–H groups in total. The Bertz CT molecular complexity index is 1320. The number of carbonyl (C=O) groups excluding carboxylic acids is 1. The second-order valence-corrected chi connectivity index (χ2v) is 8.35. The maximum atomic E-state index is 12.6. The zero-order valence-corrected chi connectivity index (χ0v) is 18.2. The van der Waals surface area contributed by atoms with Gasteiger partial charge in [0.2, 0.25) is 7.98 Å². The largest absolute Gasteiger partial charge is 0.480 e. The van der Waals surface area contributed by atoms with E-state index in [1.165, 1.54) is 0 Å². The highest BCUT2D eigenvalue weighted by atomic mass is 16.5. The number of ether oxygens (including phenoxy) is 1. The SMILES string of the molecule is Bn1cc(C[C@H](NC(=O)OCC2c3ccccc3-c3ccccc32)C(=O)O)c2ccccc21. The van der Waals surface area contributed by atoms with Gasteiger partial charge in [0.05, 0.1) is 0 Å². The number of fused-ring (bicyclic) bond motifs is 4. The van der Waals surface area contributed by atoms with Crippen LogP contribution in [-0.2, 0) is 16.0 Å². The monoisotopic (exact) mass is 438 g/mol. The predicted molar refractivity (Wildman–Crippen MR) is 129 cm³/mol. The van der Waals surface area contributed by atoms with E-state index >= 15 is 0 Å². The lowest BCUT2D eigenvalue weighted by Gasteiger charge is -2.17. The van der Waals surface area contributed by atoms with Crippen LogP contribution in [-0.4, -0.2) is 42.3 Å². The first-order valence-corrected chi connectivity index (χ1v) is 10.9. The normalized spacial score (nSPS) is 13.3. The number of alkyl carbamates (subject to hydrolysis) is 1. The number of hydrogen-bond donors (Lipinski definition) is 2. The van der Waals surface area contributed by atoms with E-state index in [0.717, 1.165) is 38.7 Å². The molecule has 1 aliphatic rings. The summed E-state index contributed by atoms with van der Waals surface area (Å²) in [5.41, 5.74) is 6.37. The van der Waals surface area contributed by atoms with Gasteiger partial charge in [0, 0.05) is 23.2 Å². The summed E-state index contributed by atoms with van der Waals surface area (Å²) in [5, 5.41) is 13.2. The van der Waals surface area contributed by atoms with Gasteiger partial charge in [0.25, 0.3) is 0 Å². The third-order valence-corrected chi connectivity index (χ3v) is 6.34. The maximum Gasteiger partial charge on any atom is 0.407 e. The van der Waals surface area contributed by atoms with Crippen molar-refractivity contribution in [1.29, 1.82) is 0 Å². The summed E-state index contributed by atoms with van der Waals surface area (Å²) in [6.07, 6.45) is 1.34. The molecule has 1 amide bonds. The molecule has 0 saturated carbocycles. The Morgan fingerprint density at radius 3 is 2.24 bits per heavy atom. The molecule has 0 spiro atoms. The van der Waals surface area contributed by atoms with E-state index < -0.39 is 18.1 Å². The molecule has 1 aromatic heterocycles. The summed E-state index contributed by atoms with van der Waals surface area (Å²) in [6.45, 7) is 0.139. The molecule has 3 aromatic carbocycles. The zero-order valence-electron chi connectivity index (χ0n) is 18.2. The first-order chi connectivity index (χ1) is 16.0. The fourth-order valence-corrected chi connectivity index (χ4v) is 4.79. The topological polar surface area (TPSA) is 80.6 Å². The van der Waals surface area contributed by atoms with Gasteiger partial charge in [-0.15, -0.1) is 0 Å². The molecule has 0 aliphatic heterocycles. The molecule has 0 bridgehead atoms. The van der Waals surface area contributed by atoms with Crippen LogP contribution in [0.3, 0.4) is 0 Å². The van der Waals surface area contributed by atoms with E-state index in [0.29, 0.717) is 0 Å². The van der Waals surface area contributed by atoms with Gasteiger partial charge in [0.1, 0.15) is 12.6 Å². The van der Waals surface area contributed by atoms with Crippen molar-refractivity contribution in [3.8, 4) is 11.1 Å².